The lowest BCUT2D eigenvalue weighted by molar-refractivity contribution is -0.116. The summed E-state index contributed by atoms with van der Waals surface area (Å²) in [5, 5.41) is 15.6. The van der Waals surface area contributed by atoms with Crippen LogP contribution in [0.3, 0.4) is 0 Å². The van der Waals surface area contributed by atoms with Crippen LogP contribution in [0.2, 0.25) is 5.02 Å². The number of rotatable bonds is 7. The van der Waals surface area contributed by atoms with E-state index in [0.29, 0.717) is 23.6 Å². The van der Waals surface area contributed by atoms with Gasteiger partial charge in [0.15, 0.2) is 0 Å². The smallest absolute Gasteiger partial charge is 0.225 e. The largest absolute Gasteiger partial charge is 0.396 e. The fourth-order valence-corrected chi connectivity index (χ4v) is 2.16. The zero-order valence-corrected chi connectivity index (χ0v) is 13.0. The maximum Gasteiger partial charge on any atom is 0.225 e. The molecule has 20 heavy (non-hydrogen) atoms. The van der Waals surface area contributed by atoms with Gasteiger partial charge in [0.25, 0.3) is 0 Å². The second-order valence-corrected chi connectivity index (χ2v) is 5.60. The molecule has 0 saturated carbocycles. The summed E-state index contributed by atoms with van der Waals surface area (Å²) in [6.07, 6.45) is 1.06. The number of hydrogen-bond acceptors (Lipinski definition) is 3. The van der Waals surface area contributed by atoms with Gasteiger partial charge in [-0.15, -0.1) is 0 Å². The molecule has 3 N–H and O–H groups in total. The molecule has 0 aliphatic carbocycles. The van der Waals surface area contributed by atoms with Crippen LogP contribution in [0.1, 0.15) is 32.3 Å². The highest BCUT2D eigenvalue weighted by Crippen LogP contribution is 2.20. The number of aryl methyl sites for hydroxylation is 1. The minimum atomic E-state index is -0.0545. The van der Waals surface area contributed by atoms with E-state index >= 15 is 0 Å². The molecule has 1 amide bonds. The number of aliphatic hydroxyl groups excluding tert-OH is 1. The second-order valence-electron chi connectivity index (χ2n) is 5.20. The molecule has 1 aromatic rings. The molecule has 0 aliphatic rings. The Bertz CT molecular complexity index is 451. The average Bonchev–Trinajstić information content (AvgIpc) is 2.33. The van der Waals surface area contributed by atoms with Crippen LogP contribution in [-0.2, 0) is 4.79 Å². The van der Waals surface area contributed by atoms with Crippen molar-refractivity contribution in [1.29, 1.82) is 0 Å². The van der Waals surface area contributed by atoms with Crippen molar-refractivity contribution < 1.29 is 9.90 Å². The molecule has 1 aromatic carbocycles. The lowest BCUT2D eigenvalue weighted by Gasteiger charge is -2.19. The zero-order valence-electron chi connectivity index (χ0n) is 12.2. The summed E-state index contributed by atoms with van der Waals surface area (Å²) in [6.45, 7) is 6.01. The molecular weight excluding hydrogens is 276 g/mol. The molecule has 0 spiro atoms. The first-order chi connectivity index (χ1) is 9.42. The quantitative estimate of drug-likeness (QED) is 0.725. The Labute approximate surface area is 125 Å². The summed E-state index contributed by atoms with van der Waals surface area (Å²) in [5.74, 6) is -0.0545. The monoisotopic (exact) mass is 298 g/mol. The van der Waals surface area contributed by atoms with E-state index in [1.165, 1.54) is 0 Å². The third kappa shape index (κ3) is 5.90. The molecule has 1 rings (SSSR count). The Balaban J connectivity index is 2.44. The summed E-state index contributed by atoms with van der Waals surface area (Å²) in [4.78, 5) is 11.9. The molecule has 112 valence electrons. The Kier molecular flexibility index (Phi) is 6.99. The van der Waals surface area contributed by atoms with Crippen LogP contribution >= 0.6 is 11.6 Å². The van der Waals surface area contributed by atoms with Crippen LogP contribution in [0.15, 0.2) is 18.2 Å². The summed E-state index contributed by atoms with van der Waals surface area (Å²) in [5.41, 5.74) is 1.69. The molecular formula is C15H23ClN2O2. The van der Waals surface area contributed by atoms with E-state index in [9.17, 15) is 4.79 Å². The van der Waals surface area contributed by atoms with E-state index in [0.717, 1.165) is 5.56 Å². The van der Waals surface area contributed by atoms with Gasteiger partial charge in [-0.05, 0) is 44.9 Å². The van der Waals surface area contributed by atoms with Crippen LogP contribution in [0.4, 0.5) is 5.69 Å². The van der Waals surface area contributed by atoms with E-state index in [1.807, 2.05) is 32.9 Å². The molecule has 0 fully saturated rings. The normalized spacial score (nSPS) is 13.8. The lowest BCUT2D eigenvalue weighted by atomic mass is 10.1. The van der Waals surface area contributed by atoms with Crippen LogP contribution < -0.4 is 10.6 Å². The Morgan fingerprint density at radius 2 is 2.05 bits per heavy atom. The van der Waals surface area contributed by atoms with Gasteiger partial charge in [-0.1, -0.05) is 17.7 Å². The number of carbonyl (C=O) groups is 1. The number of benzene rings is 1. The third-order valence-corrected chi connectivity index (χ3v) is 3.49. The molecule has 0 radical (unpaired) electrons. The third-order valence-electron chi connectivity index (χ3n) is 3.08. The summed E-state index contributed by atoms with van der Waals surface area (Å²) < 4.78 is 0. The van der Waals surface area contributed by atoms with Crippen molar-refractivity contribution in [1.82, 2.24) is 5.32 Å². The number of nitrogens with one attached hydrogen (secondary N) is 2. The number of carbonyl (C=O) groups excluding carboxylic acids is 1. The highest BCUT2D eigenvalue weighted by atomic mass is 35.5. The first-order valence-electron chi connectivity index (χ1n) is 6.85. The highest BCUT2D eigenvalue weighted by molar-refractivity contribution is 6.31. The van der Waals surface area contributed by atoms with Gasteiger partial charge in [0.1, 0.15) is 0 Å². The fourth-order valence-electron chi connectivity index (χ4n) is 1.98. The van der Waals surface area contributed by atoms with Crippen LogP contribution in [0, 0.1) is 6.92 Å². The van der Waals surface area contributed by atoms with E-state index in [2.05, 4.69) is 10.6 Å². The van der Waals surface area contributed by atoms with Gasteiger partial charge in [0.2, 0.25) is 5.91 Å². The predicted molar refractivity (Wildman–Crippen MR) is 83.2 cm³/mol. The van der Waals surface area contributed by atoms with E-state index in [4.69, 9.17) is 16.7 Å². The molecule has 4 nitrogen and oxygen atoms in total. The summed E-state index contributed by atoms with van der Waals surface area (Å²) in [7, 11) is 0. The molecule has 0 saturated heterocycles. The summed E-state index contributed by atoms with van der Waals surface area (Å²) in [6, 6.07) is 5.71. The topological polar surface area (TPSA) is 61.4 Å². The fraction of sp³-hybridized carbons (Fsp3) is 0.533. The van der Waals surface area contributed by atoms with Gasteiger partial charge in [0, 0.05) is 35.8 Å². The zero-order chi connectivity index (χ0) is 15.1. The SMILES string of the molecule is Cc1ccc(NC(=O)CC(C)N[C@H](C)CCO)cc1Cl. The molecule has 0 bridgehead atoms. The maximum absolute atomic E-state index is 11.9. The van der Waals surface area contributed by atoms with Crippen molar-refractivity contribution in [2.24, 2.45) is 0 Å². The van der Waals surface area contributed by atoms with Gasteiger partial charge < -0.3 is 15.7 Å². The Morgan fingerprint density at radius 1 is 1.35 bits per heavy atom. The lowest BCUT2D eigenvalue weighted by Crippen LogP contribution is -2.37. The van der Waals surface area contributed by atoms with Crippen molar-refractivity contribution in [3.63, 3.8) is 0 Å². The maximum atomic E-state index is 11.9. The van der Waals surface area contributed by atoms with Crippen LogP contribution in [-0.4, -0.2) is 29.7 Å². The Hall–Kier alpha value is -1.10. The predicted octanol–water partition coefficient (Wildman–Crippen LogP) is 2.73. The number of anilines is 1. The van der Waals surface area contributed by atoms with Crippen LogP contribution in [0.25, 0.3) is 0 Å². The standard InChI is InChI=1S/C15H23ClN2O2/c1-10-4-5-13(9-14(10)16)18-15(20)8-12(3)17-11(2)6-7-19/h4-5,9,11-12,17,19H,6-8H2,1-3H3,(H,18,20)/t11-,12?/m1/s1. The van der Waals surface area contributed by atoms with Gasteiger partial charge >= 0.3 is 0 Å². The minimum absolute atomic E-state index is 0.0532. The van der Waals surface area contributed by atoms with Crippen molar-refractivity contribution in [3.05, 3.63) is 28.8 Å². The Morgan fingerprint density at radius 3 is 2.65 bits per heavy atom. The molecule has 0 aliphatic heterocycles. The molecule has 0 heterocycles. The average molecular weight is 299 g/mol. The van der Waals surface area contributed by atoms with Crippen molar-refractivity contribution in [2.45, 2.75) is 45.7 Å². The van der Waals surface area contributed by atoms with Gasteiger partial charge in [-0.25, -0.2) is 0 Å². The van der Waals surface area contributed by atoms with E-state index in [-0.39, 0.29) is 24.6 Å². The van der Waals surface area contributed by atoms with E-state index < -0.39 is 0 Å². The van der Waals surface area contributed by atoms with Gasteiger partial charge in [-0.2, -0.15) is 0 Å². The van der Waals surface area contributed by atoms with Gasteiger partial charge in [0.05, 0.1) is 0 Å². The number of halogens is 1. The van der Waals surface area contributed by atoms with E-state index in [1.54, 1.807) is 6.07 Å². The number of hydrogen-bond donors (Lipinski definition) is 3. The van der Waals surface area contributed by atoms with Gasteiger partial charge in [-0.3, -0.25) is 4.79 Å². The van der Waals surface area contributed by atoms with Crippen molar-refractivity contribution in [2.75, 3.05) is 11.9 Å². The second kappa shape index (κ2) is 8.25. The number of aliphatic hydroxyl groups is 1. The molecule has 5 heteroatoms. The summed E-state index contributed by atoms with van der Waals surface area (Å²) >= 11 is 6.02. The highest BCUT2D eigenvalue weighted by Gasteiger charge is 2.12. The first-order valence-corrected chi connectivity index (χ1v) is 7.23. The molecule has 2 atom stereocenters. The first kappa shape index (κ1) is 17.0. The number of amides is 1. The molecule has 0 aromatic heterocycles. The molecule has 1 unspecified atom stereocenters. The minimum Gasteiger partial charge on any atom is -0.396 e. The van der Waals surface area contributed by atoms with Crippen LogP contribution in [0.5, 0.6) is 0 Å². The van der Waals surface area contributed by atoms with Crippen molar-refractivity contribution >= 4 is 23.2 Å². The van der Waals surface area contributed by atoms with Crippen molar-refractivity contribution in [3.8, 4) is 0 Å².